The maximum Gasteiger partial charge on any atom is 0.194 e. The van der Waals surface area contributed by atoms with Crippen molar-refractivity contribution in [3.63, 3.8) is 0 Å². The second-order valence-corrected chi connectivity index (χ2v) is 4.85. The molecule has 0 atom stereocenters. The molecule has 0 saturated heterocycles. The molecular weight excluding hydrogens is 246 g/mol. The van der Waals surface area contributed by atoms with Crippen molar-refractivity contribution >= 4 is 17.6 Å². The van der Waals surface area contributed by atoms with Crippen LogP contribution in [0.1, 0.15) is 17.0 Å². The highest BCUT2D eigenvalue weighted by Crippen LogP contribution is 2.23. The SMILES string of the molecule is Cc1cc(C)nc(Sc2nccc(C(=N)N)n2)c1. The number of hydrogen-bond acceptors (Lipinski definition) is 5. The molecule has 92 valence electrons. The van der Waals surface area contributed by atoms with Crippen LogP contribution in [0.3, 0.4) is 0 Å². The van der Waals surface area contributed by atoms with Gasteiger partial charge in [-0.25, -0.2) is 15.0 Å². The Morgan fingerprint density at radius 2 is 2.06 bits per heavy atom. The highest BCUT2D eigenvalue weighted by Gasteiger charge is 2.06. The minimum Gasteiger partial charge on any atom is -0.382 e. The summed E-state index contributed by atoms with van der Waals surface area (Å²) in [5.41, 5.74) is 7.92. The number of aromatic nitrogens is 3. The van der Waals surface area contributed by atoms with Gasteiger partial charge in [0.2, 0.25) is 0 Å². The summed E-state index contributed by atoms with van der Waals surface area (Å²) in [7, 11) is 0. The number of nitrogen functional groups attached to an aromatic ring is 1. The van der Waals surface area contributed by atoms with Crippen LogP contribution in [0.25, 0.3) is 0 Å². The van der Waals surface area contributed by atoms with Crippen LogP contribution in [0.5, 0.6) is 0 Å². The van der Waals surface area contributed by atoms with E-state index in [0.717, 1.165) is 16.3 Å². The molecule has 2 aromatic rings. The zero-order valence-corrected chi connectivity index (χ0v) is 11.0. The average molecular weight is 259 g/mol. The number of hydrogen-bond donors (Lipinski definition) is 2. The molecule has 0 radical (unpaired) electrons. The van der Waals surface area contributed by atoms with E-state index in [1.165, 1.54) is 11.8 Å². The van der Waals surface area contributed by atoms with Gasteiger partial charge in [0.25, 0.3) is 0 Å². The number of rotatable bonds is 3. The Morgan fingerprint density at radius 1 is 1.28 bits per heavy atom. The molecule has 0 saturated carbocycles. The summed E-state index contributed by atoms with van der Waals surface area (Å²) >= 11 is 1.36. The smallest absolute Gasteiger partial charge is 0.194 e. The van der Waals surface area contributed by atoms with Crippen molar-refractivity contribution in [2.75, 3.05) is 0 Å². The molecule has 5 nitrogen and oxygen atoms in total. The Morgan fingerprint density at radius 3 is 2.72 bits per heavy atom. The van der Waals surface area contributed by atoms with Crippen molar-refractivity contribution in [3.05, 3.63) is 41.3 Å². The highest BCUT2D eigenvalue weighted by molar-refractivity contribution is 7.99. The van der Waals surface area contributed by atoms with Crippen LogP contribution in [0.4, 0.5) is 0 Å². The van der Waals surface area contributed by atoms with E-state index in [9.17, 15) is 0 Å². The van der Waals surface area contributed by atoms with Crippen molar-refractivity contribution < 1.29 is 0 Å². The predicted octanol–water partition coefficient (Wildman–Crippen LogP) is 1.92. The Kier molecular flexibility index (Phi) is 3.57. The zero-order valence-electron chi connectivity index (χ0n) is 10.1. The molecule has 2 heterocycles. The second-order valence-electron chi connectivity index (χ2n) is 3.86. The number of nitrogens with zero attached hydrogens (tertiary/aromatic N) is 3. The first-order valence-corrected chi connectivity index (χ1v) is 6.17. The minimum atomic E-state index is -0.0624. The lowest BCUT2D eigenvalue weighted by Gasteiger charge is -2.03. The molecule has 0 fully saturated rings. The molecule has 0 aliphatic carbocycles. The summed E-state index contributed by atoms with van der Waals surface area (Å²) < 4.78 is 0. The van der Waals surface area contributed by atoms with Crippen molar-refractivity contribution in [1.29, 1.82) is 5.41 Å². The average Bonchev–Trinajstić information content (AvgIpc) is 2.27. The first kappa shape index (κ1) is 12.5. The van der Waals surface area contributed by atoms with Gasteiger partial charge < -0.3 is 5.73 Å². The number of nitrogens with two attached hydrogens (primary N) is 1. The topological polar surface area (TPSA) is 88.5 Å². The fourth-order valence-corrected chi connectivity index (χ4v) is 2.37. The Hall–Kier alpha value is -1.95. The molecule has 18 heavy (non-hydrogen) atoms. The van der Waals surface area contributed by atoms with Gasteiger partial charge in [0.05, 0.1) is 0 Å². The monoisotopic (exact) mass is 259 g/mol. The molecule has 0 aliphatic rings. The van der Waals surface area contributed by atoms with E-state index in [2.05, 4.69) is 15.0 Å². The van der Waals surface area contributed by atoms with Crippen molar-refractivity contribution in [3.8, 4) is 0 Å². The molecule has 0 unspecified atom stereocenters. The molecule has 0 spiro atoms. The largest absolute Gasteiger partial charge is 0.382 e. The third-order valence-electron chi connectivity index (χ3n) is 2.18. The molecule has 0 aliphatic heterocycles. The third-order valence-corrected chi connectivity index (χ3v) is 2.98. The summed E-state index contributed by atoms with van der Waals surface area (Å²) in [5, 5.41) is 8.73. The van der Waals surface area contributed by atoms with E-state index in [0.29, 0.717) is 10.9 Å². The van der Waals surface area contributed by atoms with E-state index in [4.69, 9.17) is 11.1 Å². The Labute approximate surface area is 109 Å². The van der Waals surface area contributed by atoms with E-state index >= 15 is 0 Å². The normalized spacial score (nSPS) is 10.3. The van der Waals surface area contributed by atoms with Crippen molar-refractivity contribution in [2.24, 2.45) is 5.73 Å². The van der Waals surface area contributed by atoms with Crippen LogP contribution >= 0.6 is 11.8 Å². The van der Waals surface area contributed by atoms with Gasteiger partial charge in [0.1, 0.15) is 16.6 Å². The van der Waals surface area contributed by atoms with Crippen LogP contribution in [0.15, 0.2) is 34.6 Å². The van der Waals surface area contributed by atoms with Crippen molar-refractivity contribution in [1.82, 2.24) is 15.0 Å². The van der Waals surface area contributed by atoms with Crippen LogP contribution in [0.2, 0.25) is 0 Å². The van der Waals surface area contributed by atoms with E-state index in [-0.39, 0.29) is 5.84 Å². The summed E-state index contributed by atoms with van der Waals surface area (Å²) in [6.07, 6.45) is 1.59. The lowest BCUT2D eigenvalue weighted by molar-refractivity contribution is 0.944. The van der Waals surface area contributed by atoms with Crippen LogP contribution in [-0.4, -0.2) is 20.8 Å². The lowest BCUT2D eigenvalue weighted by Crippen LogP contribution is -2.13. The van der Waals surface area contributed by atoms with Gasteiger partial charge in [0.15, 0.2) is 5.16 Å². The number of pyridine rings is 1. The third kappa shape index (κ3) is 3.04. The predicted molar refractivity (Wildman–Crippen MR) is 70.9 cm³/mol. The van der Waals surface area contributed by atoms with E-state index < -0.39 is 0 Å². The fraction of sp³-hybridized carbons (Fsp3) is 0.167. The first-order valence-electron chi connectivity index (χ1n) is 5.35. The van der Waals surface area contributed by atoms with Crippen molar-refractivity contribution in [2.45, 2.75) is 24.0 Å². The maximum atomic E-state index is 7.34. The van der Waals surface area contributed by atoms with Gasteiger partial charge in [-0.3, -0.25) is 5.41 Å². The zero-order chi connectivity index (χ0) is 13.1. The minimum absolute atomic E-state index is 0.0624. The molecule has 0 aromatic carbocycles. The standard InChI is InChI=1S/C12H13N5S/c1-7-5-8(2)16-10(6-7)18-12-15-4-3-9(17-12)11(13)14/h3-6H,1-2H3,(H3,13,14). The van der Waals surface area contributed by atoms with Gasteiger partial charge in [-0.2, -0.15) is 0 Å². The molecule has 2 rings (SSSR count). The second kappa shape index (κ2) is 5.14. The van der Waals surface area contributed by atoms with E-state index in [1.54, 1.807) is 12.3 Å². The maximum absolute atomic E-state index is 7.34. The quantitative estimate of drug-likeness (QED) is 0.499. The van der Waals surface area contributed by atoms with Gasteiger partial charge in [0, 0.05) is 11.9 Å². The number of amidine groups is 1. The highest BCUT2D eigenvalue weighted by atomic mass is 32.2. The van der Waals surface area contributed by atoms with Gasteiger partial charge in [-0.05, 0) is 49.4 Å². The molecule has 2 aromatic heterocycles. The lowest BCUT2D eigenvalue weighted by atomic mass is 10.3. The van der Waals surface area contributed by atoms with Crippen LogP contribution in [-0.2, 0) is 0 Å². The summed E-state index contributed by atoms with van der Waals surface area (Å²) in [5.74, 6) is -0.0624. The Bertz CT molecular complexity index is 577. The first-order chi connectivity index (χ1) is 8.54. The summed E-state index contributed by atoms with van der Waals surface area (Å²) in [4.78, 5) is 12.7. The molecule has 6 heteroatoms. The summed E-state index contributed by atoms with van der Waals surface area (Å²) in [6, 6.07) is 5.60. The van der Waals surface area contributed by atoms with Gasteiger partial charge in [-0.15, -0.1) is 0 Å². The molecule has 0 amide bonds. The fourth-order valence-electron chi connectivity index (χ4n) is 1.49. The van der Waals surface area contributed by atoms with Gasteiger partial charge in [-0.1, -0.05) is 0 Å². The molecule has 3 N–H and O–H groups in total. The molecular formula is C12H13N5S. The van der Waals surface area contributed by atoms with Crippen LogP contribution in [0, 0.1) is 19.3 Å². The summed E-state index contributed by atoms with van der Waals surface area (Å²) in [6.45, 7) is 3.97. The van der Waals surface area contributed by atoms with Gasteiger partial charge >= 0.3 is 0 Å². The Balaban J connectivity index is 2.28. The van der Waals surface area contributed by atoms with E-state index in [1.807, 2.05) is 26.0 Å². The number of nitrogens with one attached hydrogen (secondary N) is 1. The molecule has 0 bridgehead atoms. The number of aryl methyl sites for hydroxylation is 2. The van der Waals surface area contributed by atoms with Crippen LogP contribution < -0.4 is 5.73 Å².